The molecule has 2 nitrogen and oxygen atoms in total. The summed E-state index contributed by atoms with van der Waals surface area (Å²) in [6.45, 7) is 7.81. The molecule has 86 valence electrons. The second kappa shape index (κ2) is 5.65. The summed E-state index contributed by atoms with van der Waals surface area (Å²) in [6.07, 6.45) is 2.68. The van der Waals surface area contributed by atoms with Crippen molar-refractivity contribution in [1.82, 2.24) is 0 Å². The van der Waals surface area contributed by atoms with Crippen molar-refractivity contribution in [3.8, 4) is 0 Å². The van der Waals surface area contributed by atoms with Gasteiger partial charge in [-0.25, -0.2) is 0 Å². The zero-order chi connectivity index (χ0) is 12.1. The quantitative estimate of drug-likeness (QED) is 0.628. The van der Waals surface area contributed by atoms with Crippen molar-refractivity contribution < 1.29 is 9.90 Å². The van der Waals surface area contributed by atoms with E-state index < -0.39 is 14.8 Å². The van der Waals surface area contributed by atoms with Gasteiger partial charge in [0.2, 0.25) is 0 Å². The molecule has 3 heteroatoms. The van der Waals surface area contributed by atoms with Gasteiger partial charge in [0, 0.05) is 0 Å². The van der Waals surface area contributed by atoms with Crippen molar-refractivity contribution >= 4 is 14.8 Å². The van der Waals surface area contributed by atoms with Gasteiger partial charge in [0.05, 0.1) is 14.3 Å². The zero-order valence-electron chi connectivity index (χ0n) is 9.81. The van der Waals surface area contributed by atoms with Gasteiger partial charge in [0.1, 0.15) is 0 Å². The smallest absolute Gasteiger partial charge is 0.307 e. The standard InChI is InChI=1S/C13H18O2Si/c1-4-5-10-6-8-11(9-7-10)12(13(14)15)16(2)3/h4,6-9,12,16H,1,5H2,2-3H3,(H,14,15). The van der Waals surface area contributed by atoms with E-state index in [1.54, 1.807) is 0 Å². The number of carbonyl (C=O) groups is 1. The highest BCUT2D eigenvalue weighted by atomic mass is 28.3. The fraction of sp³-hybridized carbons (Fsp3) is 0.308. The van der Waals surface area contributed by atoms with Crippen LogP contribution in [-0.4, -0.2) is 19.9 Å². The Hall–Kier alpha value is -1.35. The predicted molar refractivity (Wildman–Crippen MR) is 69.6 cm³/mol. The van der Waals surface area contributed by atoms with Crippen molar-refractivity contribution in [2.45, 2.75) is 25.1 Å². The monoisotopic (exact) mass is 234 g/mol. The Bertz CT molecular complexity index is 368. The van der Waals surface area contributed by atoms with Gasteiger partial charge in [-0.1, -0.05) is 43.4 Å². The van der Waals surface area contributed by atoms with Gasteiger partial charge in [-0.15, -0.1) is 6.58 Å². The predicted octanol–water partition coefficient (Wildman–Crippen LogP) is 2.61. The number of benzene rings is 1. The molecule has 1 rings (SSSR count). The topological polar surface area (TPSA) is 37.3 Å². The average molecular weight is 234 g/mol. The van der Waals surface area contributed by atoms with Crippen molar-refractivity contribution in [2.24, 2.45) is 0 Å². The maximum Gasteiger partial charge on any atom is 0.307 e. The van der Waals surface area contributed by atoms with Crippen LogP contribution in [0.1, 0.15) is 16.7 Å². The molecule has 0 aliphatic carbocycles. The van der Waals surface area contributed by atoms with Crippen LogP contribution in [-0.2, 0) is 11.2 Å². The zero-order valence-corrected chi connectivity index (χ0v) is 11.0. The van der Waals surface area contributed by atoms with Crippen LogP contribution in [0, 0.1) is 0 Å². The summed E-state index contributed by atoms with van der Waals surface area (Å²) in [5, 5.41) is 9.19. The van der Waals surface area contributed by atoms with E-state index in [1.807, 2.05) is 30.3 Å². The molecule has 1 aromatic carbocycles. The first kappa shape index (κ1) is 12.7. The Morgan fingerprint density at radius 3 is 2.38 bits per heavy atom. The molecular weight excluding hydrogens is 216 g/mol. The number of rotatable bonds is 5. The van der Waals surface area contributed by atoms with E-state index in [0.717, 1.165) is 12.0 Å². The van der Waals surface area contributed by atoms with E-state index in [1.165, 1.54) is 5.56 Å². The third-order valence-electron chi connectivity index (χ3n) is 2.65. The molecule has 0 aliphatic rings. The number of carboxylic acids is 1. The van der Waals surface area contributed by atoms with Crippen LogP contribution in [0.4, 0.5) is 0 Å². The molecule has 0 heterocycles. The highest BCUT2D eigenvalue weighted by Crippen LogP contribution is 2.20. The van der Waals surface area contributed by atoms with E-state index >= 15 is 0 Å². The third-order valence-corrected chi connectivity index (χ3v) is 4.65. The van der Waals surface area contributed by atoms with Gasteiger partial charge < -0.3 is 5.11 Å². The molecule has 0 saturated carbocycles. The Labute approximate surface area is 98.2 Å². The summed E-state index contributed by atoms with van der Waals surface area (Å²) >= 11 is 0. The van der Waals surface area contributed by atoms with Gasteiger partial charge in [0.15, 0.2) is 0 Å². The number of hydrogen-bond donors (Lipinski definition) is 1. The van der Waals surface area contributed by atoms with Gasteiger partial charge in [0.25, 0.3) is 0 Å². The molecule has 0 saturated heterocycles. The molecule has 0 radical (unpaired) electrons. The normalized spacial score (nSPS) is 12.4. The van der Waals surface area contributed by atoms with Crippen LogP contribution in [0.15, 0.2) is 36.9 Å². The third kappa shape index (κ3) is 3.07. The summed E-state index contributed by atoms with van der Waals surface area (Å²) in [5.74, 6) is -0.696. The first-order chi connectivity index (χ1) is 7.56. The Balaban J connectivity index is 2.94. The van der Waals surface area contributed by atoms with Gasteiger partial charge >= 0.3 is 5.97 Å². The molecule has 16 heavy (non-hydrogen) atoms. The fourth-order valence-corrected chi connectivity index (χ4v) is 3.40. The number of hydrogen-bond acceptors (Lipinski definition) is 1. The summed E-state index contributed by atoms with van der Waals surface area (Å²) in [7, 11) is -1.22. The number of allylic oxidation sites excluding steroid dienone is 1. The lowest BCUT2D eigenvalue weighted by atomic mass is 10.1. The SMILES string of the molecule is C=CCc1ccc(C(C(=O)O)[SiH](C)C)cc1. The maximum absolute atomic E-state index is 11.2. The molecule has 0 bridgehead atoms. The molecule has 0 aromatic heterocycles. The van der Waals surface area contributed by atoms with Crippen LogP contribution in [0.5, 0.6) is 0 Å². The largest absolute Gasteiger partial charge is 0.481 e. The minimum absolute atomic E-state index is 0.280. The molecular formula is C13H18O2Si. The second-order valence-electron chi connectivity index (χ2n) is 4.29. The first-order valence-electron chi connectivity index (χ1n) is 5.48. The van der Waals surface area contributed by atoms with Crippen molar-refractivity contribution in [2.75, 3.05) is 0 Å². The van der Waals surface area contributed by atoms with Gasteiger partial charge in [-0.3, -0.25) is 4.79 Å². The van der Waals surface area contributed by atoms with Crippen LogP contribution in [0.2, 0.25) is 13.1 Å². The van der Waals surface area contributed by atoms with Crippen molar-refractivity contribution in [1.29, 1.82) is 0 Å². The molecule has 0 amide bonds. The van der Waals surface area contributed by atoms with Crippen LogP contribution < -0.4 is 0 Å². The van der Waals surface area contributed by atoms with E-state index in [4.69, 9.17) is 0 Å². The van der Waals surface area contributed by atoms with Crippen LogP contribution in [0.25, 0.3) is 0 Å². The Morgan fingerprint density at radius 2 is 2.00 bits per heavy atom. The highest BCUT2D eigenvalue weighted by molar-refractivity contribution is 6.61. The summed E-state index contributed by atoms with van der Waals surface area (Å²) in [6, 6.07) is 7.85. The van der Waals surface area contributed by atoms with Crippen LogP contribution >= 0.6 is 0 Å². The molecule has 1 aromatic rings. The molecule has 0 aliphatic heterocycles. The second-order valence-corrected chi connectivity index (χ2v) is 7.45. The minimum atomic E-state index is -1.22. The summed E-state index contributed by atoms with van der Waals surface area (Å²) in [5.41, 5.74) is 1.83. The van der Waals surface area contributed by atoms with Crippen LogP contribution in [0.3, 0.4) is 0 Å². The average Bonchev–Trinajstić information content (AvgIpc) is 2.20. The number of aliphatic carboxylic acids is 1. The summed E-state index contributed by atoms with van der Waals surface area (Å²) < 4.78 is 0. The van der Waals surface area contributed by atoms with Gasteiger partial charge in [-0.2, -0.15) is 0 Å². The molecule has 1 N–H and O–H groups in total. The lowest BCUT2D eigenvalue weighted by Crippen LogP contribution is -2.24. The lowest BCUT2D eigenvalue weighted by Gasteiger charge is -2.15. The van der Waals surface area contributed by atoms with E-state index in [9.17, 15) is 9.90 Å². The Kier molecular flexibility index (Phi) is 4.49. The summed E-state index contributed by atoms with van der Waals surface area (Å²) in [4.78, 5) is 11.2. The van der Waals surface area contributed by atoms with E-state index in [2.05, 4.69) is 19.7 Å². The molecule has 1 atom stereocenters. The molecule has 0 fully saturated rings. The highest BCUT2D eigenvalue weighted by Gasteiger charge is 2.23. The first-order valence-corrected chi connectivity index (χ1v) is 8.46. The molecule has 0 spiro atoms. The van der Waals surface area contributed by atoms with Crippen molar-refractivity contribution in [3.05, 3.63) is 48.0 Å². The van der Waals surface area contributed by atoms with Gasteiger partial charge in [-0.05, 0) is 17.5 Å². The fourth-order valence-electron chi connectivity index (χ4n) is 1.84. The van der Waals surface area contributed by atoms with E-state index in [-0.39, 0.29) is 5.54 Å². The minimum Gasteiger partial charge on any atom is -0.481 e. The lowest BCUT2D eigenvalue weighted by molar-refractivity contribution is -0.136. The van der Waals surface area contributed by atoms with Crippen molar-refractivity contribution in [3.63, 3.8) is 0 Å². The van der Waals surface area contributed by atoms with E-state index in [0.29, 0.717) is 0 Å². The Morgan fingerprint density at radius 1 is 1.44 bits per heavy atom. The number of carboxylic acid groups (broad SMARTS) is 1. The maximum atomic E-state index is 11.2. The molecule has 1 unspecified atom stereocenters.